The summed E-state index contributed by atoms with van der Waals surface area (Å²) in [4.78, 5) is 26.9. The number of ether oxygens (including phenoxy) is 5. The molecule has 9 nitrogen and oxygen atoms in total. The Morgan fingerprint density at radius 3 is 2.19 bits per heavy atom. The van der Waals surface area contributed by atoms with E-state index in [2.05, 4.69) is 5.32 Å². The molecular weight excluding hydrogens is 404 g/mol. The van der Waals surface area contributed by atoms with Crippen LogP contribution in [-0.4, -0.2) is 57.4 Å². The van der Waals surface area contributed by atoms with Crippen LogP contribution >= 0.6 is 0 Å². The van der Waals surface area contributed by atoms with Crippen molar-refractivity contribution in [2.45, 2.75) is 18.5 Å². The number of carbonyl (C=O) groups excluding carboxylic acids is 2. The molecule has 1 N–H and O–H groups in total. The summed E-state index contributed by atoms with van der Waals surface area (Å²) in [5.74, 6) is 2.32. The number of methoxy groups -OCH3 is 3. The van der Waals surface area contributed by atoms with Crippen LogP contribution in [0, 0.1) is 0 Å². The van der Waals surface area contributed by atoms with Gasteiger partial charge in [-0.25, -0.2) is 4.79 Å². The number of benzene rings is 2. The molecule has 0 aliphatic carbocycles. The Labute approximate surface area is 178 Å². The first-order chi connectivity index (χ1) is 15.0. The summed E-state index contributed by atoms with van der Waals surface area (Å²) in [7, 11) is 4.60. The lowest BCUT2D eigenvalue weighted by molar-refractivity contribution is -0.121. The van der Waals surface area contributed by atoms with Gasteiger partial charge in [-0.05, 0) is 41.0 Å². The Morgan fingerprint density at radius 1 is 0.935 bits per heavy atom. The highest BCUT2D eigenvalue weighted by molar-refractivity contribution is 6.05. The first kappa shape index (κ1) is 19.3. The zero-order chi connectivity index (χ0) is 21.7. The van der Waals surface area contributed by atoms with Crippen molar-refractivity contribution < 1.29 is 33.3 Å². The Balaban J connectivity index is 1.73. The first-order valence-electron chi connectivity index (χ1n) is 9.91. The summed E-state index contributed by atoms with van der Waals surface area (Å²) in [6, 6.07) is 5.79. The largest absolute Gasteiger partial charge is 0.493 e. The smallest absolute Gasteiger partial charge is 0.325 e. The molecule has 2 aromatic carbocycles. The molecule has 0 saturated carbocycles. The fraction of sp³-hybridized carbons (Fsp3) is 0.364. The number of rotatable bonds is 4. The number of urea groups is 1. The summed E-state index contributed by atoms with van der Waals surface area (Å²) < 4.78 is 28.0. The van der Waals surface area contributed by atoms with Crippen molar-refractivity contribution >= 4 is 11.9 Å². The number of hydrogen-bond acceptors (Lipinski definition) is 7. The number of nitrogens with one attached hydrogen (secondary N) is 1. The quantitative estimate of drug-likeness (QED) is 0.748. The zero-order valence-electron chi connectivity index (χ0n) is 17.4. The molecule has 5 rings (SSSR count). The van der Waals surface area contributed by atoms with Crippen LogP contribution in [-0.2, 0) is 11.2 Å². The normalized spacial score (nSPS) is 21.2. The zero-order valence-corrected chi connectivity index (χ0v) is 17.4. The molecule has 2 aromatic rings. The van der Waals surface area contributed by atoms with Crippen LogP contribution in [0.25, 0.3) is 0 Å². The molecule has 0 unspecified atom stereocenters. The maximum absolute atomic E-state index is 12.8. The molecule has 162 valence electrons. The molecule has 31 heavy (non-hydrogen) atoms. The second kappa shape index (κ2) is 7.26. The maximum Gasteiger partial charge on any atom is 0.325 e. The fourth-order valence-corrected chi connectivity index (χ4v) is 4.54. The van der Waals surface area contributed by atoms with Gasteiger partial charge in [0.25, 0.3) is 5.91 Å². The molecule has 3 aliphatic rings. The van der Waals surface area contributed by atoms with E-state index >= 15 is 0 Å². The molecule has 3 heterocycles. The fourth-order valence-electron chi connectivity index (χ4n) is 4.54. The molecule has 1 saturated heterocycles. The van der Waals surface area contributed by atoms with Gasteiger partial charge in [0.1, 0.15) is 19.3 Å². The van der Waals surface area contributed by atoms with Crippen molar-refractivity contribution in [3.63, 3.8) is 0 Å². The minimum atomic E-state index is -0.619. The third-order valence-corrected chi connectivity index (χ3v) is 5.90. The number of amides is 3. The van der Waals surface area contributed by atoms with Crippen LogP contribution in [0.15, 0.2) is 24.3 Å². The predicted molar refractivity (Wildman–Crippen MR) is 108 cm³/mol. The van der Waals surface area contributed by atoms with Crippen LogP contribution in [0.3, 0.4) is 0 Å². The molecule has 3 amide bonds. The lowest BCUT2D eigenvalue weighted by atomic mass is 9.84. The highest BCUT2D eigenvalue weighted by Gasteiger charge is 2.48. The lowest BCUT2D eigenvalue weighted by Crippen LogP contribution is -2.44. The molecule has 2 atom stereocenters. The van der Waals surface area contributed by atoms with E-state index in [-0.39, 0.29) is 5.91 Å². The Kier molecular flexibility index (Phi) is 4.53. The van der Waals surface area contributed by atoms with Gasteiger partial charge in [0.05, 0.1) is 27.4 Å². The van der Waals surface area contributed by atoms with E-state index in [1.165, 1.54) is 21.3 Å². The Bertz CT molecular complexity index is 1060. The molecule has 0 radical (unpaired) electrons. The van der Waals surface area contributed by atoms with Crippen LogP contribution < -0.4 is 29.0 Å². The van der Waals surface area contributed by atoms with Crippen molar-refractivity contribution in [2.75, 3.05) is 34.5 Å². The molecule has 0 aromatic heterocycles. The van der Waals surface area contributed by atoms with Gasteiger partial charge in [-0.15, -0.1) is 0 Å². The minimum Gasteiger partial charge on any atom is -0.493 e. The SMILES string of the molecule is COc1cc([C@@H]2c3cc4c(cc3C[C@H]3C(=O)NC(=O)N23)OCCO4)cc(OC)c1OC. The summed E-state index contributed by atoms with van der Waals surface area (Å²) in [5, 5.41) is 2.44. The van der Waals surface area contributed by atoms with E-state index in [0.717, 1.165) is 16.7 Å². The lowest BCUT2D eigenvalue weighted by Gasteiger charge is -2.38. The predicted octanol–water partition coefficient (Wildman–Crippen LogP) is 2.05. The van der Waals surface area contributed by atoms with E-state index in [1.54, 1.807) is 17.0 Å². The Hall–Kier alpha value is -3.62. The van der Waals surface area contributed by atoms with Gasteiger partial charge >= 0.3 is 6.03 Å². The second-order valence-corrected chi connectivity index (χ2v) is 7.48. The van der Waals surface area contributed by atoms with Crippen molar-refractivity contribution in [2.24, 2.45) is 0 Å². The van der Waals surface area contributed by atoms with Gasteiger partial charge in [0.15, 0.2) is 23.0 Å². The van der Waals surface area contributed by atoms with Crippen molar-refractivity contribution in [3.05, 3.63) is 41.0 Å². The van der Waals surface area contributed by atoms with Gasteiger partial charge in [0.2, 0.25) is 5.75 Å². The number of fused-ring (bicyclic) bond motifs is 3. The molecule has 1 fully saturated rings. The average molecular weight is 426 g/mol. The van der Waals surface area contributed by atoms with Gasteiger partial charge in [0, 0.05) is 6.42 Å². The second-order valence-electron chi connectivity index (χ2n) is 7.48. The summed E-state index contributed by atoms with van der Waals surface area (Å²) in [5.41, 5.74) is 2.51. The summed E-state index contributed by atoms with van der Waals surface area (Å²) >= 11 is 0. The first-order valence-corrected chi connectivity index (χ1v) is 9.91. The summed E-state index contributed by atoms with van der Waals surface area (Å²) in [6.07, 6.45) is 0.393. The van der Waals surface area contributed by atoms with Crippen LogP contribution in [0.4, 0.5) is 4.79 Å². The van der Waals surface area contributed by atoms with E-state index < -0.39 is 18.1 Å². The Morgan fingerprint density at radius 2 is 1.58 bits per heavy atom. The third kappa shape index (κ3) is 2.91. The van der Waals surface area contributed by atoms with Crippen LogP contribution in [0.2, 0.25) is 0 Å². The standard InChI is InChI=1S/C22H22N2O7/c1-27-17-8-12(9-18(28-2)20(17)29-3)19-13-10-16-15(30-4-5-31-16)7-11(13)6-14-21(25)23-22(26)24(14)19/h7-10,14,19H,4-6H2,1-3H3,(H,23,25,26)/t14-,19+/m0/s1. The maximum atomic E-state index is 12.8. The number of hydrogen-bond donors (Lipinski definition) is 1. The van der Waals surface area contributed by atoms with Crippen molar-refractivity contribution in [3.8, 4) is 28.7 Å². The molecule has 9 heteroatoms. The molecule has 0 bridgehead atoms. The molecule has 0 spiro atoms. The third-order valence-electron chi connectivity index (χ3n) is 5.90. The highest BCUT2D eigenvalue weighted by atomic mass is 16.6. The van der Waals surface area contributed by atoms with Gasteiger partial charge < -0.3 is 28.6 Å². The van der Waals surface area contributed by atoms with Crippen LogP contribution in [0.5, 0.6) is 28.7 Å². The van der Waals surface area contributed by atoms with Crippen molar-refractivity contribution in [1.82, 2.24) is 10.2 Å². The topological polar surface area (TPSA) is 95.6 Å². The average Bonchev–Trinajstić information content (AvgIpc) is 3.07. The van der Waals surface area contributed by atoms with Crippen LogP contribution in [0.1, 0.15) is 22.7 Å². The van der Waals surface area contributed by atoms with Gasteiger partial charge in [-0.1, -0.05) is 0 Å². The van der Waals surface area contributed by atoms with E-state index in [4.69, 9.17) is 23.7 Å². The number of nitrogens with zero attached hydrogens (tertiary/aromatic N) is 1. The number of imide groups is 1. The van der Waals surface area contributed by atoms with Crippen molar-refractivity contribution in [1.29, 1.82) is 0 Å². The van der Waals surface area contributed by atoms with E-state index in [0.29, 0.717) is 48.4 Å². The van der Waals surface area contributed by atoms with E-state index in [1.807, 2.05) is 12.1 Å². The summed E-state index contributed by atoms with van der Waals surface area (Å²) in [6.45, 7) is 0.919. The molecular formula is C22H22N2O7. The van der Waals surface area contributed by atoms with E-state index in [9.17, 15) is 9.59 Å². The highest BCUT2D eigenvalue weighted by Crippen LogP contribution is 2.48. The minimum absolute atomic E-state index is 0.317. The molecule has 3 aliphatic heterocycles. The van der Waals surface area contributed by atoms with Gasteiger partial charge in [-0.3, -0.25) is 10.1 Å². The monoisotopic (exact) mass is 426 g/mol. The van der Waals surface area contributed by atoms with Gasteiger partial charge in [-0.2, -0.15) is 0 Å². The number of carbonyl (C=O) groups is 2.